The first-order valence-electron chi connectivity index (χ1n) is 17.4. The van der Waals surface area contributed by atoms with Crippen molar-refractivity contribution in [2.45, 2.75) is 66.8 Å². The van der Waals surface area contributed by atoms with Crippen molar-refractivity contribution >= 4 is 17.9 Å². The van der Waals surface area contributed by atoms with Crippen molar-refractivity contribution in [2.75, 3.05) is 26.4 Å². The Hall–Kier alpha value is -5.19. The van der Waals surface area contributed by atoms with Crippen molar-refractivity contribution < 1.29 is 47.5 Å². The van der Waals surface area contributed by atoms with E-state index in [4.69, 9.17) is 33.2 Å². The van der Waals surface area contributed by atoms with Crippen LogP contribution in [-0.2, 0) is 19.0 Å². The molecule has 0 saturated carbocycles. The van der Waals surface area contributed by atoms with E-state index in [0.717, 1.165) is 16.9 Å². The number of carbonyl (C=O) groups excluding carboxylic acids is 3. The van der Waals surface area contributed by atoms with Crippen LogP contribution in [0.4, 0.5) is 0 Å². The van der Waals surface area contributed by atoms with Crippen molar-refractivity contribution in [3.63, 3.8) is 0 Å². The molecule has 3 atom stereocenters. The predicted octanol–water partition coefficient (Wildman–Crippen LogP) is 8.36. The number of benzene rings is 4. The van der Waals surface area contributed by atoms with Crippen LogP contribution >= 0.6 is 0 Å². The highest BCUT2D eigenvalue weighted by molar-refractivity contribution is 5.92. The van der Waals surface area contributed by atoms with E-state index in [1.807, 2.05) is 64.1 Å². The predicted molar refractivity (Wildman–Crippen MR) is 197 cm³/mol. The summed E-state index contributed by atoms with van der Waals surface area (Å²) in [6.45, 7) is 14.4. The van der Waals surface area contributed by atoms with Gasteiger partial charge < -0.3 is 33.2 Å². The first-order valence-corrected chi connectivity index (χ1v) is 17.4. The minimum atomic E-state index is -0.556. The maximum atomic E-state index is 12.8. The third kappa shape index (κ3) is 12.5. The van der Waals surface area contributed by atoms with Gasteiger partial charge in [0, 0.05) is 0 Å². The number of hydrogen-bond acceptors (Lipinski definition) is 10. The molecule has 0 heterocycles. The Morgan fingerprint density at radius 3 is 1.40 bits per heavy atom. The van der Waals surface area contributed by atoms with Gasteiger partial charge in [-0.05, 0) is 132 Å². The second-order valence-corrected chi connectivity index (χ2v) is 13.4. The highest BCUT2D eigenvalue weighted by Crippen LogP contribution is 2.26. The lowest BCUT2D eigenvalue weighted by molar-refractivity contribution is -0.157. The standard InChI is InChI=1S/C42H48O10/c1-8-46-35-17-9-31(10-18-35)32-11-19-37(20-12-32)51-40(44)34-15-23-38(24-16-34)52-39(43)33-13-21-36(22-14-33)50-30(4)27-48-28(2)25-47-29(3)26-49-41(45)42(5,6)7/h9-24,28-30H,8,25-27H2,1-7H3. The highest BCUT2D eigenvalue weighted by Gasteiger charge is 2.24. The Bertz CT molecular complexity index is 1720. The first-order chi connectivity index (χ1) is 24.8. The number of ether oxygens (including phenoxy) is 7. The normalized spacial score (nSPS) is 13.0. The minimum absolute atomic E-state index is 0.179. The fourth-order valence-corrected chi connectivity index (χ4v) is 4.66. The van der Waals surface area contributed by atoms with Crippen molar-refractivity contribution in [2.24, 2.45) is 5.41 Å². The van der Waals surface area contributed by atoms with Gasteiger partial charge in [-0.15, -0.1) is 0 Å². The molecule has 3 unspecified atom stereocenters. The Morgan fingerprint density at radius 2 is 0.942 bits per heavy atom. The molecule has 0 amide bonds. The lowest BCUT2D eigenvalue weighted by Crippen LogP contribution is -2.30. The summed E-state index contributed by atoms with van der Waals surface area (Å²) in [5.41, 5.74) is 2.09. The second-order valence-electron chi connectivity index (χ2n) is 13.4. The molecule has 0 fully saturated rings. The largest absolute Gasteiger partial charge is 0.494 e. The highest BCUT2D eigenvalue weighted by atomic mass is 16.6. The summed E-state index contributed by atoms with van der Waals surface area (Å²) in [6, 6.07) is 27.8. The van der Waals surface area contributed by atoms with E-state index >= 15 is 0 Å². The van der Waals surface area contributed by atoms with Gasteiger partial charge in [-0.1, -0.05) is 24.3 Å². The van der Waals surface area contributed by atoms with Crippen molar-refractivity contribution in [1.82, 2.24) is 0 Å². The summed E-state index contributed by atoms with van der Waals surface area (Å²) in [7, 11) is 0. The molecular weight excluding hydrogens is 664 g/mol. The van der Waals surface area contributed by atoms with E-state index in [-0.39, 0.29) is 36.6 Å². The van der Waals surface area contributed by atoms with Crippen LogP contribution in [0.3, 0.4) is 0 Å². The average molecular weight is 713 g/mol. The van der Waals surface area contributed by atoms with Gasteiger partial charge in [0.25, 0.3) is 0 Å². The molecule has 4 aromatic carbocycles. The zero-order valence-electron chi connectivity index (χ0n) is 30.9. The third-order valence-electron chi connectivity index (χ3n) is 7.58. The molecule has 52 heavy (non-hydrogen) atoms. The molecule has 0 spiro atoms. The molecule has 10 heteroatoms. The topological polar surface area (TPSA) is 116 Å². The molecule has 0 aliphatic carbocycles. The number of carbonyl (C=O) groups is 3. The Balaban J connectivity index is 1.17. The smallest absolute Gasteiger partial charge is 0.343 e. The SMILES string of the molecule is CCOc1ccc(-c2ccc(OC(=O)c3ccc(OC(=O)c4ccc(OC(C)COC(C)COC(C)COC(=O)C(C)(C)C)cc4)cc3)cc2)cc1. The molecule has 10 nitrogen and oxygen atoms in total. The van der Waals surface area contributed by atoms with Gasteiger partial charge in [0.2, 0.25) is 0 Å². The quantitative estimate of drug-likeness (QED) is 0.0781. The zero-order valence-corrected chi connectivity index (χ0v) is 30.9. The average Bonchev–Trinajstić information content (AvgIpc) is 3.13. The van der Waals surface area contributed by atoms with Crippen molar-refractivity contribution in [3.8, 4) is 34.1 Å². The molecule has 0 aliphatic rings. The Kier molecular flexibility index (Phi) is 14.4. The Labute approximate surface area is 305 Å². The van der Waals surface area contributed by atoms with Gasteiger partial charge in [-0.25, -0.2) is 9.59 Å². The molecule has 4 rings (SSSR count). The molecule has 0 N–H and O–H groups in total. The monoisotopic (exact) mass is 712 g/mol. The molecule has 0 aliphatic heterocycles. The van der Waals surface area contributed by atoms with E-state index in [2.05, 4.69) is 0 Å². The van der Waals surface area contributed by atoms with Crippen LogP contribution in [0.25, 0.3) is 11.1 Å². The zero-order chi connectivity index (χ0) is 37.7. The van der Waals surface area contributed by atoms with Crippen molar-refractivity contribution in [1.29, 1.82) is 0 Å². The van der Waals surface area contributed by atoms with Crippen LogP contribution < -0.4 is 18.9 Å². The van der Waals surface area contributed by atoms with Gasteiger partial charge >= 0.3 is 17.9 Å². The summed E-state index contributed by atoms with van der Waals surface area (Å²) in [5, 5.41) is 0. The Morgan fingerprint density at radius 1 is 0.538 bits per heavy atom. The van der Waals surface area contributed by atoms with Gasteiger partial charge in [-0.2, -0.15) is 0 Å². The molecular formula is C42H48O10. The van der Waals surface area contributed by atoms with E-state index in [1.54, 1.807) is 57.2 Å². The molecule has 0 bridgehead atoms. The lowest BCUT2D eigenvalue weighted by atomic mass is 9.97. The van der Waals surface area contributed by atoms with Crippen LogP contribution in [0.5, 0.6) is 23.0 Å². The van der Waals surface area contributed by atoms with Crippen molar-refractivity contribution in [3.05, 3.63) is 108 Å². The van der Waals surface area contributed by atoms with E-state index < -0.39 is 17.4 Å². The molecule has 0 saturated heterocycles. The fourth-order valence-electron chi connectivity index (χ4n) is 4.66. The summed E-state index contributed by atoms with van der Waals surface area (Å²) in [5.74, 6) is 0.718. The molecule has 0 aromatic heterocycles. The molecule has 4 aromatic rings. The van der Waals surface area contributed by atoms with Crippen LogP contribution in [0, 0.1) is 5.41 Å². The first kappa shape index (κ1) is 39.6. The maximum absolute atomic E-state index is 12.8. The summed E-state index contributed by atoms with van der Waals surface area (Å²) < 4.78 is 39.4. The number of esters is 3. The van der Waals surface area contributed by atoms with Gasteiger partial charge in [0.05, 0.1) is 48.6 Å². The summed E-state index contributed by atoms with van der Waals surface area (Å²) in [6.07, 6.45) is -0.720. The third-order valence-corrected chi connectivity index (χ3v) is 7.58. The second kappa shape index (κ2) is 18.9. The van der Waals surface area contributed by atoms with Crippen LogP contribution in [0.1, 0.15) is 69.2 Å². The minimum Gasteiger partial charge on any atom is -0.494 e. The number of rotatable bonds is 17. The summed E-state index contributed by atoms with van der Waals surface area (Å²) >= 11 is 0. The lowest BCUT2D eigenvalue weighted by Gasteiger charge is -2.22. The van der Waals surface area contributed by atoms with E-state index in [1.165, 1.54) is 24.3 Å². The van der Waals surface area contributed by atoms with Crippen LogP contribution in [0.2, 0.25) is 0 Å². The van der Waals surface area contributed by atoms with Gasteiger partial charge in [0.1, 0.15) is 35.7 Å². The van der Waals surface area contributed by atoms with Gasteiger partial charge in [0.15, 0.2) is 0 Å². The maximum Gasteiger partial charge on any atom is 0.343 e. The fraction of sp³-hybridized carbons (Fsp3) is 0.357. The van der Waals surface area contributed by atoms with Crippen LogP contribution in [0.15, 0.2) is 97.1 Å². The van der Waals surface area contributed by atoms with Crippen LogP contribution in [-0.4, -0.2) is 62.6 Å². The number of hydrogen-bond donors (Lipinski definition) is 0. The molecule has 276 valence electrons. The van der Waals surface area contributed by atoms with Gasteiger partial charge in [-0.3, -0.25) is 4.79 Å². The van der Waals surface area contributed by atoms with E-state index in [0.29, 0.717) is 42.4 Å². The summed E-state index contributed by atoms with van der Waals surface area (Å²) in [4.78, 5) is 37.4. The van der Waals surface area contributed by atoms with E-state index in [9.17, 15) is 14.4 Å². The molecule has 0 radical (unpaired) electrons.